The summed E-state index contributed by atoms with van der Waals surface area (Å²) in [5, 5.41) is 0. The summed E-state index contributed by atoms with van der Waals surface area (Å²) < 4.78 is 10.3. The molecule has 0 aromatic heterocycles. The van der Waals surface area contributed by atoms with Gasteiger partial charge in [0.05, 0.1) is 19.6 Å². The Morgan fingerprint density at radius 1 is 1.28 bits per heavy atom. The number of hydrogen-bond acceptors (Lipinski definition) is 3. The third-order valence-corrected chi connectivity index (χ3v) is 4.29. The van der Waals surface area contributed by atoms with Crippen LogP contribution in [0.1, 0.15) is 18.4 Å². The first-order valence-electron chi connectivity index (χ1n) is 6.57. The first-order chi connectivity index (χ1) is 8.78. The van der Waals surface area contributed by atoms with Gasteiger partial charge >= 0.3 is 5.97 Å². The molecule has 1 saturated carbocycles. The Hall–Kier alpha value is -1.51. The molecule has 1 aromatic carbocycles. The molecule has 0 N–H and O–H groups in total. The van der Waals surface area contributed by atoms with Crippen molar-refractivity contribution in [2.45, 2.75) is 19.3 Å². The highest BCUT2D eigenvalue weighted by molar-refractivity contribution is 5.75. The maximum Gasteiger partial charge on any atom is 0.309 e. The fraction of sp³-hybridized carbons (Fsp3) is 0.533. The Morgan fingerprint density at radius 2 is 2.06 bits per heavy atom. The number of esters is 1. The Bertz CT molecular complexity index is 438. The number of benzene rings is 1. The Kier molecular flexibility index (Phi) is 2.98. The van der Waals surface area contributed by atoms with E-state index in [1.807, 2.05) is 12.1 Å². The number of rotatable bonds is 3. The van der Waals surface area contributed by atoms with Gasteiger partial charge in [-0.1, -0.05) is 12.1 Å². The summed E-state index contributed by atoms with van der Waals surface area (Å²) in [4.78, 5) is 11.7. The van der Waals surface area contributed by atoms with Crippen molar-refractivity contribution in [3.8, 4) is 5.75 Å². The van der Waals surface area contributed by atoms with Gasteiger partial charge in [-0.3, -0.25) is 4.79 Å². The second-order valence-corrected chi connectivity index (χ2v) is 5.31. The normalized spacial score (nSPS) is 30.1. The highest BCUT2D eigenvalue weighted by Crippen LogP contribution is 2.43. The maximum absolute atomic E-state index is 11.7. The van der Waals surface area contributed by atoms with Gasteiger partial charge in [-0.25, -0.2) is 0 Å². The van der Waals surface area contributed by atoms with Crippen molar-refractivity contribution >= 4 is 5.97 Å². The highest BCUT2D eigenvalue weighted by atomic mass is 16.5. The maximum atomic E-state index is 11.7. The van der Waals surface area contributed by atoms with Crippen LogP contribution in [0.5, 0.6) is 5.75 Å². The molecule has 0 radical (unpaired) electrons. The molecule has 3 rings (SSSR count). The van der Waals surface area contributed by atoms with Gasteiger partial charge in [0.15, 0.2) is 0 Å². The zero-order chi connectivity index (χ0) is 12.5. The molecule has 2 fully saturated rings. The molecular weight excluding hydrogens is 228 g/mol. The van der Waals surface area contributed by atoms with Crippen LogP contribution in [0.2, 0.25) is 0 Å². The molecule has 3 nitrogen and oxygen atoms in total. The predicted molar refractivity (Wildman–Crippen MR) is 67.4 cm³/mol. The smallest absolute Gasteiger partial charge is 0.309 e. The van der Waals surface area contributed by atoms with E-state index >= 15 is 0 Å². The largest absolute Gasteiger partial charge is 0.497 e. The molecule has 18 heavy (non-hydrogen) atoms. The van der Waals surface area contributed by atoms with Crippen molar-refractivity contribution in [3.63, 3.8) is 0 Å². The van der Waals surface area contributed by atoms with Gasteiger partial charge in [0, 0.05) is 5.92 Å². The topological polar surface area (TPSA) is 35.5 Å². The molecule has 1 saturated heterocycles. The van der Waals surface area contributed by atoms with Crippen molar-refractivity contribution in [1.29, 1.82) is 0 Å². The number of ether oxygens (including phenoxy) is 2. The van der Waals surface area contributed by atoms with Crippen LogP contribution in [0.15, 0.2) is 24.3 Å². The second-order valence-electron chi connectivity index (χ2n) is 5.31. The van der Waals surface area contributed by atoms with E-state index in [-0.39, 0.29) is 11.9 Å². The van der Waals surface area contributed by atoms with Gasteiger partial charge in [0.2, 0.25) is 0 Å². The average molecular weight is 246 g/mol. The lowest BCUT2D eigenvalue weighted by Crippen LogP contribution is -2.19. The number of methoxy groups -OCH3 is 1. The molecule has 3 atom stereocenters. The van der Waals surface area contributed by atoms with Crippen LogP contribution in [0.3, 0.4) is 0 Å². The van der Waals surface area contributed by atoms with E-state index in [9.17, 15) is 4.79 Å². The van der Waals surface area contributed by atoms with Crippen molar-refractivity contribution in [1.82, 2.24) is 0 Å². The number of carbonyl (C=O) groups excluding carboxylic acids is 1. The third-order valence-electron chi connectivity index (χ3n) is 4.29. The number of carbonyl (C=O) groups is 1. The summed E-state index contributed by atoms with van der Waals surface area (Å²) in [7, 11) is 1.67. The molecule has 0 amide bonds. The number of hydrogen-bond donors (Lipinski definition) is 0. The van der Waals surface area contributed by atoms with Crippen LogP contribution in [-0.2, 0) is 16.0 Å². The Balaban J connectivity index is 1.70. The average Bonchev–Trinajstić information content (AvgIpc) is 2.95. The van der Waals surface area contributed by atoms with Gasteiger partial charge in [0.25, 0.3) is 0 Å². The first kappa shape index (κ1) is 11.6. The van der Waals surface area contributed by atoms with Crippen LogP contribution in [0, 0.1) is 17.8 Å². The van der Waals surface area contributed by atoms with E-state index < -0.39 is 0 Å². The fourth-order valence-corrected chi connectivity index (χ4v) is 3.32. The van der Waals surface area contributed by atoms with Gasteiger partial charge in [0.1, 0.15) is 5.75 Å². The number of cyclic esters (lactones) is 1. The predicted octanol–water partition coefficient (Wildman–Crippen LogP) is 2.44. The standard InChI is InChI=1S/C15H18O3/c1-17-13-6-2-10(3-7-13)8-11-4-5-12-9-18-15(16)14(11)12/h2-3,6-7,11-12,14H,4-5,8-9H2,1H3/t11-,12-,14?/m1/s1. The third kappa shape index (κ3) is 1.98. The molecule has 1 heterocycles. The van der Waals surface area contributed by atoms with Crippen molar-refractivity contribution < 1.29 is 14.3 Å². The summed E-state index contributed by atoms with van der Waals surface area (Å²) >= 11 is 0. The molecule has 2 aliphatic rings. The van der Waals surface area contributed by atoms with Crippen LogP contribution < -0.4 is 4.74 Å². The Labute approximate surface area is 107 Å². The quantitative estimate of drug-likeness (QED) is 0.768. The molecule has 0 bridgehead atoms. The minimum atomic E-state index is 0.0241. The molecule has 1 aliphatic heterocycles. The summed E-state index contributed by atoms with van der Waals surface area (Å²) in [6.45, 7) is 0.641. The highest BCUT2D eigenvalue weighted by Gasteiger charge is 2.46. The van der Waals surface area contributed by atoms with E-state index in [4.69, 9.17) is 9.47 Å². The summed E-state index contributed by atoms with van der Waals surface area (Å²) in [5.41, 5.74) is 1.28. The fourth-order valence-electron chi connectivity index (χ4n) is 3.32. The Morgan fingerprint density at radius 3 is 2.78 bits per heavy atom. The van der Waals surface area contributed by atoms with E-state index in [1.54, 1.807) is 7.11 Å². The van der Waals surface area contributed by atoms with Crippen LogP contribution >= 0.6 is 0 Å². The lowest BCUT2D eigenvalue weighted by molar-refractivity contribution is -0.142. The lowest BCUT2D eigenvalue weighted by Gasteiger charge is -2.15. The number of fused-ring (bicyclic) bond motifs is 1. The van der Waals surface area contributed by atoms with E-state index in [2.05, 4.69) is 12.1 Å². The zero-order valence-corrected chi connectivity index (χ0v) is 10.6. The van der Waals surface area contributed by atoms with Gasteiger partial charge < -0.3 is 9.47 Å². The summed E-state index contributed by atoms with van der Waals surface area (Å²) in [6.07, 6.45) is 3.26. The summed E-state index contributed by atoms with van der Waals surface area (Å²) in [5.74, 6) is 1.98. The monoisotopic (exact) mass is 246 g/mol. The minimum absolute atomic E-state index is 0.0241. The van der Waals surface area contributed by atoms with E-state index in [1.165, 1.54) is 5.56 Å². The first-order valence-corrected chi connectivity index (χ1v) is 6.57. The molecular formula is C15H18O3. The molecule has 96 valence electrons. The SMILES string of the molecule is COc1ccc(C[C@H]2CC[C@@H]3COC(=O)C32)cc1. The lowest BCUT2D eigenvalue weighted by atomic mass is 9.87. The molecule has 0 spiro atoms. The van der Waals surface area contributed by atoms with Crippen molar-refractivity contribution in [2.24, 2.45) is 17.8 Å². The molecule has 3 heteroatoms. The second kappa shape index (κ2) is 4.63. The van der Waals surface area contributed by atoms with Crippen molar-refractivity contribution in [3.05, 3.63) is 29.8 Å². The van der Waals surface area contributed by atoms with Crippen molar-refractivity contribution in [2.75, 3.05) is 13.7 Å². The molecule has 1 unspecified atom stereocenters. The van der Waals surface area contributed by atoms with Gasteiger partial charge in [-0.15, -0.1) is 0 Å². The van der Waals surface area contributed by atoms with E-state index in [0.29, 0.717) is 18.4 Å². The van der Waals surface area contributed by atoms with Crippen LogP contribution in [-0.4, -0.2) is 19.7 Å². The van der Waals surface area contributed by atoms with Crippen LogP contribution in [0.4, 0.5) is 0 Å². The van der Waals surface area contributed by atoms with Gasteiger partial charge in [-0.2, -0.15) is 0 Å². The van der Waals surface area contributed by atoms with Gasteiger partial charge in [-0.05, 0) is 42.9 Å². The minimum Gasteiger partial charge on any atom is -0.497 e. The van der Waals surface area contributed by atoms with E-state index in [0.717, 1.165) is 25.0 Å². The summed E-state index contributed by atoms with van der Waals surface area (Å²) in [6, 6.07) is 8.14. The van der Waals surface area contributed by atoms with Crippen LogP contribution in [0.25, 0.3) is 0 Å². The molecule has 1 aliphatic carbocycles. The molecule has 1 aromatic rings. The zero-order valence-electron chi connectivity index (χ0n) is 10.6.